The van der Waals surface area contributed by atoms with Crippen LogP contribution in [0.5, 0.6) is 0 Å². The minimum absolute atomic E-state index is 0.00286. The van der Waals surface area contributed by atoms with Crippen molar-refractivity contribution in [3.05, 3.63) is 45.9 Å². The van der Waals surface area contributed by atoms with E-state index in [1.807, 2.05) is 0 Å². The van der Waals surface area contributed by atoms with Gasteiger partial charge in [0.05, 0.1) is 5.69 Å². The highest BCUT2D eigenvalue weighted by atomic mass is 16.1. The molecule has 0 atom stereocenters. The molecule has 0 saturated carbocycles. The normalized spacial score (nSPS) is 17.6. The standard InChI is InChI=1S/C22H31N5O/c1-16(2)15-26-11-13-27(14-12-26)18-9-7-17(8-10-18)23-22-24-20-6-4-3-5-19(20)21(28)25-22/h7-10,16H,3-6,11-15H2,1-2H3,(H2,23,24,25,28). The lowest BCUT2D eigenvalue weighted by Crippen LogP contribution is -2.47. The molecule has 0 radical (unpaired) electrons. The number of aryl methyl sites for hydroxylation is 1. The fourth-order valence-corrected chi connectivity index (χ4v) is 4.26. The summed E-state index contributed by atoms with van der Waals surface area (Å²) in [5.74, 6) is 1.27. The molecular weight excluding hydrogens is 350 g/mol. The Morgan fingerprint density at radius 1 is 1.07 bits per heavy atom. The van der Waals surface area contributed by atoms with Crippen molar-refractivity contribution in [1.82, 2.24) is 14.9 Å². The summed E-state index contributed by atoms with van der Waals surface area (Å²) < 4.78 is 0. The Kier molecular flexibility index (Phi) is 5.67. The lowest BCUT2D eigenvalue weighted by molar-refractivity contribution is 0.231. The first kappa shape index (κ1) is 19.0. The van der Waals surface area contributed by atoms with Gasteiger partial charge in [-0.05, 0) is 55.9 Å². The molecule has 0 bridgehead atoms. The first-order valence-electron chi connectivity index (χ1n) is 10.5. The van der Waals surface area contributed by atoms with Gasteiger partial charge in [-0.3, -0.25) is 14.7 Å². The summed E-state index contributed by atoms with van der Waals surface area (Å²) in [6, 6.07) is 8.43. The molecule has 1 aliphatic heterocycles. The number of aromatic amines is 1. The molecule has 1 aromatic heterocycles. The monoisotopic (exact) mass is 381 g/mol. The van der Waals surface area contributed by atoms with Crippen LogP contribution in [0.15, 0.2) is 29.1 Å². The minimum atomic E-state index is 0.00286. The van der Waals surface area contributed by atoms with Gasteiger partial charge in [-0.25, -0.2) is 4.98 Å². The van der Waals surface area contributed by atoms with Gasteiger partial charge in [0.15, 0.2) is 0 Å². The van der Waals surface area contributed by atoms with E-state index in [-0.39, 0.29) is 5.56 Å². The van der Waals surface area contributed by atoms with Gasteiger partial charge in [-0.15, -0.1) is 0 Å². The zero-order chi connectivity index (χ0) is 19.5. The van der Waals surface area contributed by atoms with Gasteiger partial charge in [0.1, 0.15) is 0 Å². The van der Waals surface area contributed by atoms with Crippen molar-refractivity contribution in [3.63, 3.8) is 0 Å². The lowest BCUT2D eigenvalue weighted by atomic mass is 9.97. The van der Waals surface area contributed by atoms with Crippen molar-refractivity contribution >= 4 is 17.3 Å². The second kappa shape index (κ2) is 8.35. The Morgan fingerprint density at radius 3 is 2.50 bits per heavy atom. The van der Waals surface area contributed by atoms with Crippen LogP contribution in [0.3, 0.4) is 0 Å². The smallest absolute Gasteiger partial charge is 0.255 e. The number of nitrogens with zero attached hydrogens (tertiary/aromatic N) is 3. The molecule has 0 unspecified atom stereocenters. The highest BCUT2D eigenvalue weighted by Gasteiger charge is 2.18. The van der Waals surface area contributed by atoms with E-state index in [2.05, 4.69) is 63.2 Å². The van der Waals surface area contributed by atoms with E-state index in [4.69, 9.17) is 0 Å². The molecule has 150 valence electrons. The van der Waals surface area contributed by atoms with Crippen LogP contribution in [-0.4, -0.2) is 47.6 Å². The molecule has 6 heteroatoms. The van der Waals surface area contributed by atoms with Crippen LogP contribution in [0.2, 0.25) is 0 Å². The van der Waals surface area contributed by atoms with Crippen molar-refractivity contribution in [1.29, 1.82) is 0 Å². The van der Waals surface area contributed by atoms with Gasteiger partial charge in [-0.2, -0.15) is 0 Å². The highest BCUT2D eigenvalue weighted by Crippen LogP contribution is 2.22. The second-order valence-electron chi connectivity index (χ2n) is 8.40. The van der Waals surface area contributed by atoms with Crippen LogP contribution in [0, 0.1) is 5.92 Å². The number of piperazine rings is 1. The summed E-state index contributed by atoms with van der Waals surface area (Å²) in [7, 11) is 0. The third-order valence-corrected chi connectivity index (χ3v) is 5.68. The molecule has 2 aromatic rings. The number of benzene rings is 1. The largest absolute Gasteiger partial charge is 0.369 e. The van der Waals surface area contributed by atoms with Crippen LogP contribution in [0.1, 0.15) is 37.9 Å². The SMILES string of the molecule is CC(C)CN1CCN(c2ccc(Nc3nc4c(c(=O)[nH]3)CCCC4)cc2)CC1. The maximum absolute atomic E-state index is 12.3. The first-order valence-corrected chi connectivity index (χ1v) is 10.5. The molecule has 2 N–H and O–H groups in total. The summed E-state index contributed by atoms with van der Waals surface area (Å²) in [4.78, 5) is 24.8. The fourth-order valence-electron chi connectivity index (χ4n) is 4.26. The van der Waals surface area contributed by atoms with Crippen molar-refractivity contribution in [2.75, 3.05) is 42.9 Å². The predicted molar refractivity (Wildman–Crippen MR) is 115 cm³/mol. The van der Waals surface area contributed by atoms with Crippen molar-refractivity contribution in [3.8, 4) is 0 Å². The predicted octanol–water partition coefficient (Wildman–Crippen LogP) is 3.17. The minimum Gasteiger partial charge on any atom is -0.369 e. The molecule has 0 amide bonds. The number of nitrogens with one attached hydrogen (secondary N) is 2. The molecule has 6 nitrogen and oxygen atoms in total. The summed E-state index contributed by atoms with van der Waals surface area (Å²) >= 11 is 0. The van der Waals surface area contributed by atoms with Crippen LogP contribution < -0.4 is 15.8 Å². The van der Waals surface area contributed by atoms with Crippen LogP contribution in [0.25, 0.3) is 0 Å². The number of H-pyrrole nitrogens is 1. The molecule has 1 fully saturated rings. The molecule has 28 heavy (non-hydrogen) atoms. The Bertz CT molecular complexity index is 850. The Hall–Kier alpha value is -2.34. The van der Waals surface area contributed by atoms with Crippen molar-refractivity contribution < 1.29 is 0 Å². The van der Waals surface area contributed by atoms with E-state index in [0.717, 1.165) is 74.7 Å². The molecule has 4 rings (SSSR count). The average Bonchev–Trinajstić information content (AvgIpc) is 2.69. The average molecular weight is 382 g/mol. The number of anilines is 3. The van der Waals surface area contributed by atoms with E-state index in [1.54, 1.807) is 0 Å². The van der Waals surface area contributed by atoms with E-state index < -0.39 is 0 Å². The maximum atomic E-state index is 12.3. The molecule has 1 aliphatic carbocycles. The van der Waals surface area contributed by atoms with Gasteiger partial charge >= 0.3 is 0 Å². The van der Waals surface area contributed by atoms with E-state index in [1.165, 1.54) is 12.2 Å². The van der Waals surface area contributed by atoms with Gasteiger partial charge in [0.2, 0.25) is 5.95 Å². The molecule has 1 saturated heterocycles. The van der Waals surface area contributed by atoms with Crippen LogP contribution in [-0.2, 0) is 12.8 Å². The van der Waals surface area contributed by atoms with Gasteiger partial charge < -0.3 is 10.2 Å². The highest BCUT2D eigenvalue weighted by molar-refractivity contribution is 5.59. The maximum Gasteiger partial charge on any atom is 0.255 e. The number of aromatic nitrogens is 2. The molecule has 2 aliphatic rings. The Balaban J connectivity index is 1.39. The summed E-state index contributed by atoms with van der Waals surface area (Å²) in [5.41, 5.74) is 4.02. The Labute approximate surface area is 167 Å². The third-order valence-electron chi connectivity index (χ3n) is 5.68. The fraction of sp³-hybridized carbons (Fsp3) is 0.545. The molecule has 1 aromatic carbocycles. The van der Waals surface area contributed by atoms with E-state index >= 15 is 0 Å². The first-order chi connectivity index (χ1) is 13.6. The zero-order valence-corrected chi connectivity index (χ0v) is 17.0. The third kappa shape index (κ3) is 4.38. The van der Waals surface area contributed by atoms with E-state index in [0.29, 0.717) is 5.95 Å². The summed E-state index contributed by atoms with van der Waals surface area (Å²) in [6.45, 7) is 10.1. The number of rotatable bonds is 5. The zero-order valence-electron chi connectivity index (χ0n) is 17.0. The molecular formula is C22H31N5O. The van der Waals surface area contributed by atoms with Gasteiger partial charge in [0, 0.05) is 49.7 Å². The van der Waals surface area contributed by atoms with Crippen molar-refractivity contribution in [2.45, 2.75) is 39.5 Å². The number of fused-ring (bicyclic) bond motifs is 1. The second-order valence-corrected chi connectivity index (χ2v) is 8.40. The summed E-state index contributed by atoms with van der Waals surface area (Å²) in [6.07, 6.45) is 3.94. The van der Waals surface area contributed by atoms with Crippen molar-refractivity contribution in [2.24, 2.45) is 5.92 Å². The molecule has 0 spiro atoms. The number of hydrogen-bond donors (Lipinski definition) is 2. The van der Waals surface area contributed by atoms with Gasteiger partial charge in [0.25, 0.3) is 5.56 Å². The lowest BCUT2D eigenvalue weighted by Gasteiger charge is -2.36. The van der Waals surface area contributed by atoms with E-state index in [9.17, 15) is 4.79 Å². The Morgan fingerprint density at radius 2 is 1.79 bits per heavy atom. The molecule has 2 heterocycles. The quantitative estimate of drug-likeness (QED) is 0.833. The van der Waals surface area contributed by atoms with Crippen LogP contribution >= 0.6 is 0 Å². The van der Waals surface area contributed by atoms with Crippen LogP contribution in [0.4, 0.5) is 17.3 Å². The van der Waals surface area contributed by atoms with Gasteiger partial charge in [-0.1, -0.05) is 13.8 Å². The number of hydrogen-bond acceptors (Lipinski definition) is 5. The topological polar surface area (TPSA) is 64.3 Å². The summed E-state index contributed by atoms with van der Waals surface area (Å²) in [5, 5.41) is 3.26.